The Kier molecular flexibility index (Phi) is 5.68. The molecule has 1 aliphatic heterocycles. The van der Waals surface area contributed by atoms with Gasteiger partial charge in [-0.05, 0) is 18.6 Å². The number of carbonyl (C=O) groups is 1. The normalized spacial score (nSPS) is 14.0. The van der Waals surface area contributed by atoms with Gasteiger partial charge in [0.15, 0.2) is 0 Å². The molecule has 0 spiro atoms. The number of para-hydroxylation sites is 1. The Morgan fingerprint density at radius 2 is 1.73 bits per heavy atom. The first kappa shape index (κ1) is 19.9. The first-order valence-corrected chi connectivity index (χ1v) is 10.2. The Hall–Kier alpha value is -3.38. The molecule has 0 aliphatic carbocycles. The molecule has 0 saturated carbocycles. The van der Waals surface area contributed by atoms with Crippen LogP contribution in [0.2, 0.25) is 0 Å². The van der Waals surface area contributed by atoms with Crippen LogP contribution in [0.4, 0.5) is 0 Å². The second-order valence-electron chi connectivity index (χ2n) is 7.41. The highest BCUT2D eigenvalue weighted by Gasteiger charge is 2.30. The molecule has 0 bridgehead atoms. The van der Waals surface area contributed by atoms with E-state index in [1.54, 1.807) is 15.2 Å². The highest BCUT2D eigenvalue weighted by molar-refractivity contribution is 5.99. The van der Waals surface area contributed by atoms with E-state index in [4.69, 9.17) is 0 Å². The summed E-state index contributed by atoms with van der Waals surface area (Å²) in [5.41, 5.74) is 3.38. The summed E-state index contributed by atoms with van der Waals surface area (Å²) < 4.78 is 3.22. The number of nitrogens with zero attached hydrogens (tertiary/aromatic N) is 3. The van der Waals surface area contributed by atoms with Crippen molar-refractivity contribution in [3.05, 3.63) is 89.0 Å². The number of aromatic nitrogens is 2. The van der Waals surface area contributed by atoms with Gasteiger partial charge in [-0.2, -0.15) is 0 Å². The molecule has 6 nitrogen and oxygen atoms in total. The fourth-order valence-electron chi connectivity index (χ4n) is 3.98. The second kappa shape index (κ2) is 8.55. The van der Waals surface area contributed by atoms with Gasteiger partial charge in [0.2, 0.25) is 0 Å². The zero-order valence-corrected chi connectivity index (χ0v) is 17.2. The van der Waals surface area contributed by atoms with Crippen molar-refractivity contribution in [2.45, 2.75) is 13.5 Å². The molecule has 2 heterocycles. The van der Waals surface area contributed by atoms with Crippen LogP contribution in [-0.2, 0) is 6.54 Å². The lowest BCUT2D eigenvalue weighted by atomic mass is 10.1. The minimum Gasteiger partial charge on any atom is -0.335 e. The summed E-state index contributed by atoms with van der Waals surface area (Å²) in [4.78, 5) is 29.1. The summed E-state index contributed by atoms with van der Waals surface area (Å²) in [6.45, 7) is 8.77. The number of imidazole rings is 1. The van der Waals surface area contributed by atoms with Gasteiger partial charge in [0.1, 0.15) is 5.69 Å². The predicted octanol–water partition coefficient (Wildman–Crippen LogP) is 2.85. The van der Waals surface area contributed by atoms with E-state index in [1.165, 1.54) is 0 Å². The van der Waals surface area contributed by atoms with Gasteiger partial charge in [0.25, 0.3) is 5.91 Å². The molecule has 1 N–H and O–H groups in total. The smallest absolute Gasteiger partial charge is 0.334 e. The average molecular weight is 402 g/mol. The molecule has 154 valence electrons. The lowest BCUT2D eigenvalue weighted by Crippen LogP contribution is -2.47. The summed E-state index contributed by atoms with van der Waals surface area (Å²) in [5, 5.41) is 3.27. The van der Waals surface area contributed by atoms with Crippen LogP contribution in [0.1, 0.15) is 16.1 Å². The maximum atomic E-state index is 13.7. The molecule has 1 saturated heterocycles. The van der Waals surface area contributed by atoms with Crippen LogP contribution in [0.3, 0.4) is 0 Å². The molecule has 2 aromatic carbocycles. The largest absolute Gasteiger partial charge is 0.335 e. The van der Waals surface area contributed by atoms with E-state index in [-0.39, 0.29) is 18.1 Å². The van der Waals surface area contributed by atoms with Gasteiger partial charge in [-0.15, -0.1) is 6.58 Å². The van der Waals surface area contributed by atoms with Crippen molar-refractivity contribution in [1.29, 1.82) is 0 Å². The Bertz CT molecular complexity index is 1120. The number of allylic oxidation sites excluding steroid dienone is 1. The first-order valence-electron chi connectivity index (χ1n) is 10.2. The Balaban J connectivity index is 2.04. The summed E-state index contributed by atoms with van der Waals surface area (Å²) >= 11 is 0. The van der Waals surface area contributed by atoms with Crippen LogP contribution in [-0.4, -0.2) is 46.1 Å². The third-order valence-electron chi connectivity index (χ3n) is 5.46. The van der Waals surface area contributed by atoms with Crippen molar-refractivity contribution in [2.75, 3.05) is 26.2 Å². The third-order valence-corrected chi connectivity index (χ3v) is 5.46. The molecule has 0 atom stereocenters. The molecule has 30 heavy (non-hydrogen) atoms. The van der Waals surface area contributed by atoms with Crippen molar-refractivity contribution in [2.24, 2.45) is 0 Å². The van der Waals surface area contributed by atoms with Crippen LogP contribution in [0.15, 0.2) is 72.0 Å². The van der Waals surface area contributed by atoms with E-state index in [0.717, 1.165) is 29.9 Å². The lowest BCUT2D eigenvalue weighted by molar-refractivity contribution is 0.0726. The van der Waals surface area contributed by atoms with E-state index in [1.807, 2.05) is 66.4 Å². The van der Waals surface area contributed by atoms with E-state index in [9.17, 15) is 9.59 Å². The molecule has 1 fully saturated rings. The number of hydrogen-bond donors (Lipinski definition) is 1. The number of nitrogens with one attached hydrogen (secondary N) is 1. The van der Waals surface area contributed by atoms with E-state index >= 15 is 0 Å². The van der Waals surface area contributed by atoms with E-state index in [0.29, 0.717) is 24.5 Å². The predicted molar refractivity (Wildman–Crippen MR) is 119 cm³/mol. The minimum atomic E-state index is -0.235. The number of amides is 1. The lowest BCUT2D eigenvalue weighted by Gasteiger charge is -2.28. The quantitative estimate of drug-likeness (QED) is 0.668. The van der Waals surface area contributed by atoms with Crippen molar-refractivity contribution in [3.8, 4) is 16.9 Å². The second-order valence-corrected chi connectivity index (χ2v) is 7.41. The maximum Gasteiger partial charge on any atom is 0.334 e. The molecule has 3 aromatic rings. The minimum absolute atomic E-state index is 0.123. The number of piperazine rings is 1. The van der Waals surface area contributed by atoms with Crippen LogP contribution in [0.25, 0.3) is 16.9 Å². The van der Waals surface area contributed by atoms with Gasteiger partial charge < -0.3 is 10.2 Å². The number of hydrogen-bond acceptors (Lipinski definition) is 3. The summed E-state index contributed by atoms with van der Waals surface area (Å²) in [5.74, 6) is -0.123. The van der Waals surface area contributed by atoms with Crippen molar-refractivity contribution in [3.63, 3.8) is 0 Å². The number of aryl methyl sites for hydroxylation is 1. The molecule has 0 radical (unpaired) electrons. The Morgan fingerprint density at radius 3 is 2.40 bits per heavy atom. The maximum absolute atomic E-state index is 13.7. The molecule has 1 aliphatic rings. The average Bonchev–Trinajstić information content (AvgIpc) is 3.07. The van der Waals surface area contributed by atoms with Crippen molar-refractivity contribution < 1.29 is 4.79 Å². The van der Waals surface area contributed by atoms with Crippen molar-refractivity contribution >= 4 is 5.91 Å². The van der Waals surface area contributed by atoms with E-state index in [2.05, 4.69) is 11.9 Å². The number of rotatable bonds is 5. The number of benzene rings is 2. The zero-order valence-electron chi connectivity index (χ0n) is 17.2. The monoisotopic (exact) mass is 402 g/mol. The van der Waals surface area contributed by atoms with Gasteiger partial charge in [-0.3, -0.25) is 13.9 Å². The molecule has 4 rings (SSSR count). The topological polar surface area (TPSA) is 59.3 Å². The fraction of sp³-hybridized carbons (Fsp3) is 0.250. The molecular formula is C24H26N4O2. The van der Waals surface area contributed by atoms with Crippen molar-refractivity contribution in [1.82, 2.24) is 19.4 Å². The van der Waals surface area contributed by atoms with Crippen LogP contribution >= 0.6 is 0 Å². The number of carbonyl (C=O) groups excluding carboxylic acids is 1. The molecular weight excluding hydrogens is 376 g/mol. The SMILES string of the molecule is C=CCn1c(C(=O)N2CCNCC2)c(-c2ccccc2)n(-c2ccccc2C)c1=O. The zero-order chi connectivity index (χ0) is 21.1. The first-order chi connectivity index (χ1) is 14.6. The van der Waals surface area contributed by atoms with Crippen LogP contribution in [0, 0.1) is 6.92 Å². The summed E-state index contributed by atoms with van der Waals surface area (Å²) in [6.07, 6.45) is 1.66. The third kappa shape index (κ3) is 3.50. The standard InChI is InChI=1S/C24H26N4O2/c1-3-15-27-22(23(29)26-16-13-25-14-17-26)21(19-10-5-4-6-11-19)28(24(27)30)20-12-8-7-9-18(20)2/h3-12,25H,1,13-17H2,2H3. The molecule has 1 aromatic heterocycles. The highest BCUT2D eigenvalue weighted by Crippen LogP contribution is 2.28. The molecule has 1 amide bonds. The molecule has 6 heteroatoms. The van der Waals surface area contributed by atoms with Gasteiger partial charge in [-0.1, -0.05) is 54.6 Å². The summed E-state index contributed by atoms with van der Waals surface area (Å²) in [7, 11) is 0. The summed E-state index contributed by atoms with van der Waals surface area (Å²) in [6, 6.07) is 17.4. The van der Waals surface area contributed by atoms with Crippen LogP contribution < -0.4 is 11.0 Å². The van der Waals surface area contributed by atoms with Gasteiger partial charge in [0, 0.05) is 38.3 Å². The van der Waals surface area contributed by atoms with Crippen LogP contribution in [0.5, 0.6) is 0 Å². The molecule has 0 unspecified atom stereocenters. The van der Waals surface area contributed by atoms with Gasteiger partial charge in [0.05, 0.1) is 11.4 Å². The Morgan fingerprint density at radius 1 is 1.07 bits per heavy atom. The fourth-order valence-corrected chi connectivity index (χ4v) is 3.98. The highest BCUT2D eigenvalue weighted by atomic mass is 16.2. The Labute approximate surface area is 176 Å². The van der Waals surface area contributed by atoms with Gasteiger partial charge in [-0.25, -0.2) is 4.79 Å². The van der Waals surface area contributed by atoms with Gasteiger partial charge >= 0.3 is 5.69 Å². The van der Waals surface area contributed by atoms with E-state index < -0.39 is 0 Å².